The highest BCUT2D eigenvalue weighted by Crippen LogP contribution is 2.29. The molecule has 2 rings (SSSR count). The molecule has 96 valence electrons. The summed E-state index contributed by atoms with van der Waals surface area (Å²) in [5, 5.41) is 19.1. The third-order valence-corrected chi connectivity index (χ3v) is 3.74. The first-order valence-electron chi connectivity index (χ1n) is 5.13. The maximum atomic E-state index is 13.0. The zero-order chi connectivity index (χ0) is 13.3. The van der Waals surface area contributed by atoms with Crippen molar-refractivity contribution in [3.8, 4) is 0 Å². The van der Waals surface area contributed by atoms with Gasteiger partial charge in [0.25, 0.3) is 0 Å². The van der Waals surface area contributed by atoms with Gasteiger partial charge in [0.1, 0.15) is 11.9 Å². The smallest absolute Gasteiger partial charge is 0.207 e. The lowest BCUT2D eigenvalue weighted by atomic mass is 10.1. The van der Waals surface area contributed by atoms with Gasteiger partial charge in [-0.2, -0.15) is 0 Å². The second-order valence-corrected chi connectivity index (χ2v) is 5.29. The summed E-state index contributed by atoms with van der Waals surface area (Å²) in [6, 6.07) is 4.08. The second kappa shape index (κ2) is 5.17. The van der Waals surface area contributed by atoms with Crippen molar-refractivity contribution < 1.29 is 9.50 Å². The van der Waals surface area contributed by atoms with Gasteiger partial charge in [0.2, 0.25) is 5.13 Å². The first-order valence-corrected chi connectivity index (χ1v) is 6.32. The van der Waals surface area contributed by atoms with E-state index in [1.165, 1.54) is 29.5 Å². The molecule has 0 aliphatic heterocycles. The highest BCUT2D eigenvalue weighted by molar-refractivity contribution is 7.15. The van der Waals surface area contributed by atoms with Gasteiger partial charge in [0, 0.05) is 14.1 Å². The minimum Gasteiger partial charge on any atom is -0.381 e. The Bertz CT molecular complexity index is 561. The van der Waals surface area contributed by atoms with Crippen molar-refractivity contribution in [3.63, 3.8) is 0 Å². The molecule has 0 amide bonds. The number of halogens is 2. The van der Waals surface area contributed by atoms with Gasteiger partial charge in [-0.3, -0.25) is 0 Å². The van der Waals surface area contributed by atoms with E-state index in [4.69, 9.17) is 11.6 Å². The Kier molecular flexibility index (Phi) is 3.79. The van der Waals surface area contributed by atoms with E-state index in [-0.39, 0.29) is 5.02 Å². The van der Waals surface area contributed by atoms with E-state index >= 15 is 0 Å². The van der Waals surface area contributed by atoms with E-state index in [2.05, 4.69) is 10.2 Å². The summed E-state index contributed by atoms with van der Waals surface area (Å²) in [5.41, 5.74) is 0.489. The number of hydrogen-bond acceptors (Lipinski definition) is 5. The number of anilines is 1. The minimum absolute atomic E-state index is 0.0242. The number of benzene rings is 1. The van der Waals surface area contributed by atoms with Gasteiger partial charge in [0.15, 0.2) is 5.01 Å². The monoisotopic (exact) mass is 287 g/mol. The van der Waals surface area contributed by atoms with Crippen molar-refractivity contribution in [2.45, 2.75) is 6.10 Å². The van der Waals surface area contributed by atoms with E-state index in [1.54, 1.807) is 4.90 Å². The zero-order valence-corrected chi connectivity index (χ0v) is 11.3. The molecular weight excluding hydrogens is 277 g/mol. The van der Waals surface area contributed by atoms with Crippen LogP contribution in [0, 0.1) is 5.82 Å². The van der Waals surface area contributed by atoms with Gasteiger partial charge >= 0.3 is 0 Å². The van der Waals surface area contributed by atoms with E-state index in [9.17, 15) is 9.50 Å². The van der Waals surface area contributed by atoms with Crippen LogP contribution in [0.25, 0.3) is 0 Å². The molecule has 0 saturated carbocycles. The van der Waals surface area contributed by atoms with Crippen molar-refractivity contribution >= 4 is 28.1 Å². The predicted octanol–water partition coefficient (Wildman–Crippen LogP) is 2.48. The normalized spacial score (nSPS) is 12.5. The Labute approximate surface area is 113 Å². The van der Waals surface area contributed by atoms with Crippen molar-refractivity contribution in [2.75, 3.05) is 19.0 Å². The molecule has 0 aliphatic carbocycles. The molecule has 1 N–H and O–H groups in total. The van der Waals surface area contributed by atoms with E-state index in [0.717, 1.165) is 0 Å². The molecule has 0 radical (unpaired) electrons. The molecule has 1 unspecified atom stereocenters. The number of nitrogens with zero attached hydrogens (tertiary/aromatic N) is 3. The lowest BCUT2D eigenvalue weighted by Crippen LogP contribution is -2.07. The topological polar surface area (TPSA) is 49.2 Å². The maximum Gasteiger partial charge on any atom is 0.207 e. The van der Waals surface area contributed by atoms with Crippen LogP contribution in [0.1, 0.15) is 16.7 Å². The van der Waals surface area contributed by atoms with E-state index in [0.29, 0.717) is 15.7 Å². The maximum absolute atomic E-state index is 13.0. The SMILES string of the molecule is CN(C)c1nnc(C(O)c2ccc(F)c(Cl)c2)s1. The number of rotatable bonds is 3. The summed E-state index contributed by atoms with van der Waals surface area (Å²) in [4.78, 5) is 1.80. The summed E-state index contributed by atoms with van der Waals surface area (Å²) >= 11 is 6.94. The van der Waals surface area contributed by atoms with Crippen molar-refractivity contribution in [1.29, 1.82) is 0 Å². The fourth-order valence-electron chi connectivity index (χ4n) is 1.34. The molecule has 18 heavy (non-hydrogen) atoms. The summed E-state index contributed by atoms with van der Waals surface area (Å²) in [7, 11) is 3.68. The number of aliphatic hydroxyl groups excluding tert-OH is 1. The van der Waals surface area contributed by atoms with Gasteiger partial charge in [-0.1, -0.05) is 29.0 Å². The molecule has 1 atom stereocenters. The standard InChI is InChI=1S/C11H11ClFN3OS/c1-16(2)11-15-14-10(18-11)9(17)6-3-4-8(13)7(12)5-6/h3-5,9,17H,1-2H3. The molecule has 0 spiro atoms. The Morgan fingerprint density at radius 3 is 2.67 bits per heavy atom. The fourth-order valence-corrected chi connectivity index (χ4v) is 2.31. The van der Waals surface area contributed by atoms with Gasteiger partial charge in [-0.15, -0.1) is 10.2 Å². The average Bonchev–Trinajstić information content (AvgIpc) is 2.81. The fraction of sp³-hybridized carbons (Fsp3) is 0.273. The van der Waals surface area contributed by atoms with Crippen molar-refractivity contribution in [2.24, 2.45) is 0 Å². The van der Waals surface area contributed by atoms with Gasteiger partial charge < -0.3 is 10.0 Å². The predicted molar refractivity (Wildman–Crippen MR) is 69.7 cm³/mol. The van der Waals surface area contributed by atoms with Gasteiger partial charge in [-0.05, 0) is 17.7 Å². The van der Waals surface area contributed by atoms with Crippen molar-refractivity contribution in [1.82, 2.24) is 10.2 Å². The highest BCUT2D eigenvalue weighted by atomic mass is 35.5. The van der Waals surface area contributed by atoms with Gasteiger partial charge in [-0.25, -0.2) is 4.39 Å². The Morgan fingerprint density at radius 2 is 2.11 bits per heavy atom. The third-order valence-electron chi connectivity index (χ3n) is 2.31. The molecule has 0 bridgehead atoms. The Hall–Kier alpha value is -1.24. The average molecular weight is 288 g/mol. The van der Waals surface area contributed by atoms with Crippen LogP contribution in [0.5, 0.6) is 0 Å². The first kappa shape index (κ1) is 13.2. The molecule has 2 aromatic rings. The molecule has 7 heteroatoms. The quantitative estimate of drug-likeness (QED) is 0.942. The number of aromatic nitrogens is 2. The Morgan fingerprint density at radius 1 is 1.39 bits per heavy atom. The lowest BCUT2D eigenvalue weighted by Gasteiger charge is -2.08. The molecule has 0 fully saturated rings. The van der Waals surface area contributed by atoms with Crippen LogP contribution in [0.2, 0.25) is 5.02 Å². The largest absolute Gasteiger partial charge is 0.381 e. The number of hydrogen-bond donors (Lipinski definition) is 1. The van der Waals surface area contributed by atoms with Crippen LogP contribution in [-0.2, 0) is 0 Å². The highest BCUT2D eigenvalue weighted by Gasteiger charge is 2.17. The zero-order valence-electron chi connectivity index (χ0n) is 9.76. The molecule has 1 aromatic carbocycles. The third kappa shape index (κ3) is 2.60. The number of aliphatic hydroxyl groups is 1. The summed E-state index contributed by atoms with van der Waals surface area (Å²) in [5.74, 6) is -0.515. The summed E-state index contributed by atoms with van der Waals surface area (Å²) in [6.45, 7) is 0. The second-order valence-electron chi connectivity index (χ2n) is 3.89. The van der Waals surface area contributed by atoms with Crippen LogP contribution >= 0.6 is 22.9 Å². The molecule has 0 saturated heterocycles. The summed E-state index contributed by atoms with van der Waals surface area (Å²) < 4.78 is 13.0. The van der Waals surface area contributed by atoms with Crippen LogP contribution in [0.15, 0.2) is 18.2 Å². The van der Waals surface area contributed by atoms with Crippen LogP contribution < -0.4 is 4.90 Å². The molecule has 1 heterocycles. The minimum atomic E-state index is -0.950. The molecular formula is C11H11ClFN3OS. The van der Waals surface area contributed by atoms with Gasteiger partial charge in [0.05, 0.1) is 5.02 Å². The summed E-state index contributed by atoms with van der Waals surface area (Å²) in [6.07, 6.45) is -0.950. The Balaban J connectivity index is 2.29. The van der Waals surface area contributed by atoms with Crippen LogP contribution in [-0.4, -0.2) is 29.4 Å². The van der Waals surface area contributed by atoms with Crippen LogP contribution in [0.4, 0.5) is 9.52 Å². The first-order chi connectivity index (χ1) is 8.49. The van der Waals surface area contributed by atoms with E-state index in [1.807, 2.05) is 14.1 Å². The van der Waals surface area contributed by atoms with Crippen molar-refractivity contribution in [3.05, 3.63) is 39.6 Å². The molecule has 4 nitrogen and oxygen atoms in total. The molecule has 1 aromatic heterocycles. The molecule has 0 aliphatic rings. The van der Waals surface area contributed by atoms with E-state index < -0.39 is 11.9 Å². The lowest BCUT2D eigenvalue weighted by molar-refractivity contribution is 0.218. The van der Waals surface area contributed by atoms with Crippen LogP contribution in [0.3, 0.4) is 0 Å².